The highest BCUT2D eigenvalue weighted by Crippen LogP contribution is 2.19. The van der Waals surface area contributed by atoms with Gasteiger partial charge < -0.3 is 10.8 Å². The Morgan fingerprint density at radius 1 is 1.86 bits per heavy atom. The normalized spacial score (nSPS) is 14.3. The molecule has 0 aromatic carbocycles. The zero-order chi connectivity index (χ0) is 10.6. The van der Waals surface area contributed by atoms with Crippen molar-refractivity contribution in [2.24, 2.45) is 5.73 Å². The molecule has 1 heterocycles. The molecule has 0 aliphatic carbocycles. The van der Waals surface area contributed by atoms with Crippen molar-refractivity contribution in [1.29, 1.82) is 0 Å². The van der Waals surface area contributed by atoms with Crippen molar-refractivity contribution in [2.45, 2.75) is 18.4 Å². The van der Waals surface area contributed by atoms with Crippen LogP contribution in [0.4, 0.5) is 0 Å². The lowest BCUT2D eigenvalue weighted by molar-refractivity contribution is -0.137. The van der Waals surface area contributed by atoms with Gasteiger partial charge in [-0.1, -0.05) is 5.92 Å². The Morgan fingerprint density at radius 2 is 2.57 bits per heavy atom. The predicted molar refractivity (Wildman–Crippen MR) is 53.9 cm³/mol. The summed E-state index contributed by atoms with van der Waals surface area (Å²) in [6.07, 6.45) is 5.14. The van der Waals surface area contributed by atoms with Crippen LogP contribution < -0.4 is 5.73 Å². The summed E-state index contributed by atoms with van der Waals surface area (Å²) in [5, 5.41) is 10.3. The summed E-state index contributed by atoms with van der Waals surface area (Å²) in [6.45, 7) is 0. The molecule has 3 N–H and O–H groups in total. The second-order valence-corrected chi connectivity index (χ2v) is 3.54. The summed E-state index contributed by atoms with van der Waals surface area (Å²) < 4.78 is 0. The Balaban J connectivity index is 2.73. The fourth-order valence-corrected chi connectivity index (χ4v) is 1.71. The third-order valence-corrected chi connectivity index (χ3v) is 2.39. The first-order valence-corrected chi connectivity index (χ1v) is 4.91. The maximum absolute atomic E-state index is 10.4. The second-order valence-electron chi connectivity index (χ2n) is 2.82. The van der Waals surface area contributed by atoms with Gasteiger partial charge in [0, 0.05) is 11.4 Å². The summed E-state index contributed by atoms with van der Waals surface area (Å²) in [5.74, 6) is 1.10. The van der Waals surface area contributed by atoms with E-state index in [1.807, 2.05) is 0 Å². The molecule has 1 aromatic heterocycles. The number of terminal acetylenes is 1. The van der Waals surface area contributed by atoms with Gasteiger partial charge in [0.25, 0.3) is 0 Å². The van der Waals surface area contributed by atoms with Crippen LogP contribution in [0.2, 0.25) is 0 Å². The molecule has 2 atom stereocenters. The van der Waals surface area contributed by atoms with Gasteiger partial charge in [0.1, 0.15) is 0 Å². The highest BCUT2D eigenvalue weighted by Gasteiger charge is 2.21. The van der Waals surface area contributed by atoms with E-state index < -0.39 is 17.9 Å². The molecule has 0 bridgehead atoms. The van der Waals surface area contributed by atoms with Gasteiger partial charge in [0.15, 0.2) is 0 Å². The van der Waals surface area contributed by atoms with Crippen molar-refractivity contribution < 1.29 is 9.90 Å². The lowest BCUT2D eigenvalue weighted by Gasteiger charge is -2.14. The maximum Gasteiger partial charge on any atom is 0.304 e. The maximum atomic E-state index is 10.4. The Hall–Kier alpha value is -1.38. The van der Waals surface area contributed by atoms with Gasteiger partial charge in [0.2, 0.25) is 0 Å². The van der Waals surface area contributed by atoms with E-state index in [0.29, 0.717) is 5.69 Å². The van der Waals surface area contributed by atoms with E-state index in [2.05, 4.69) is 10.9 Å². The minimum atomic E-state index is -0.951. The van der Waals surface area contributed by atoms with E-state index >= 15 is 0 Å². The highest BCUT2D eigenvalue weighted by molar-refractivity contribution is 7.07. The Bertz CT molecular complexity index is 342. The number of carboxylic acids is 1. The summed E-state index contributed by atoms with van der Waals surface area (Å²) in [6, 6.07) is -0.584. The molecule has 0 unspecified atom stereocenters. The molecule has 0 radical (unpaired) electrons. The number of carbonyl (C=O) groups is 1. The van der Waals surface area contributed by atoms with Crippen LogP contribution in [0.25, 0.3) is 0 Å². The molecule has 0 aliphatic heterocycles. The van der Waals surface area contributed by atoms with Gasteiger partial charge in [-0.2, -0.15) is 0 Å². The highest BCUT2D eigenvalue weighted by atomic mass is 32.1. The van der Waals surface area contributed by atoms with Crippen LogP contribution in [0.1, 0.15) is 18.0 Å². The molecule has 0 spiro atoms. The first kappa shape index (κ1) is 10.7. The molecule has 0 fully saturated rings. The minimum absolute atomic E-state index is 0.146. The summed E-state index contributed by atoms with van der Waals surface area (Å²) >= 11 is 1.41. The summed E-state index contributed by atoms with van der Waals surface area (Å²) in [4.78, 5) is 14.5. The smallest absolute Gasteiger partial charge is 0.304 e. The average molecular weight is 210 g/mol. The number of nitrogens with zero attached hydrogens (tertiary/aromatic N) is 1. The van der Waals surface area contributed by atoms with Crippen LogP contribution in [0, 0.1) is 12.3 Å². The van der Waals surface area contributed by atoms with Gasteiger partial charge in [-0.25, -0.2) is 4.98 Å². The van der Waals surface area contributed by atoms with Crippen LogP contribution in [0.3, 0.4) is 0 Å². The monoisotopic (exact) mass is 210 g/mol. The Morgan fingerprint density at radius 3 is 3.00 bits per heavy atom. The van der Waals surface area contributed by atoms with Gasteiger partial charge in [-0.3, -0.25) is 4.79 Å². The number of nitrogens with two attached hydrogens (primary N) is 1. The third-order valence-electron chi connectivity index (χ3n) is 1.79. The van der Waals surface area contributed by atoms with E-state index in [1.165, 1.54) is 11.3 Å². The van der Waals surface area contributed by atoms with E-state index in [9.17, 15) is 4.79 Å². The first-order chi connectivity index (χ1) is 6.65. The second kappa shape index (κ2) is 4.74. The zero-order valence-electron chi connectivity index (χ0n) is 7.38. The topological polar surface area (TPSA) is 76.2 Å². The fraction of sp³-hybridized carbons (Fsp3) is 0.333. The van der Waals surface area contributed by atoms with Crippen molar-refractivity contribution >= 4 is 17.3 Å². The Labute approximate surface area is 85.8 Å². The largest absolute Gasteiger partial charge is 0.481 e. The number of aliphatic carboxylic acids is 1. The predicted octanol–water partition coefficient (Wildman–Crippen LogP) is 0.662. The number of hydrogen-bond acceptors (Lipinski definition) is 4. The average Bonchev–Trinajstić information content (AvgIpc) is 2.57. The van der Waals surface area contributed by atoms with E-state index in [0.717, 1.165) is 0 Å². The number of hydrogen-bond donors (Lipinski definition) is 2. The van der Waals surface area contributed by atoms with Gasteiger partial charge in [-0.15, -0.1) is 17.8 Å². The van der Waals surface area contributed by atoms with Crippen LogP contribution in [-0.2, 0) is 4.79 Å². The van der Waals surface area contributed by atoms with Gasteiger partial charge in [0.05, 0.1) is 23.5 Å². The summed E-state index contributed by atoms with van der Waals surface area (Å²) in [5.41, 5.74) is 7.98. The summed E-state index contributed by atoms with van der Waals surface area (Å²) in [7, 11) is 0. The molecule has 0 aliphatic rings. The van der Waals surface area contributed by atoms with Crippen molar-refractivity contribution in [3.05, 3.63) is 16.6 Å². The van der Waals surface area contributed by atoms with E-state index in [1.54, 1.807) is 10.9 Å². The first-order valence-electron chi connectivity index (χ1n) is 3.96. The standard InChI is InChI=1S/C9H10N2O2S/c1-2-6(7(10)3-9(12)13)8-4-14-5-11-8/h1,4-7H,3,10H2,(H,12,13)/t6-,7+/m0/s1. The van der Waals surface area contributed by atoms with Gasteiger partial charge >= 0.3 is 5.97 Å². The van der Waals surface area contributed by atoms with Crippen molar-refractivity contribution in [2.75, 3.05) is 0 Å². The molecular formula is C9H10N2O2S. The molecular weight excluding hydrogens is 200 g/mol. The molecule has 4 nitrogen and oxygen atoms in total. The molecule has 74 valence electrons. The molecule has 0 saturated heterocycles. The fourth-order valence-electron chi connectivity index (χ4n) is 1.12. The molecule has 0 amide bonds. The molecule has 5 heteroatoms. The molecule has 1 aromatic rings. The minimum Gasteiger partial charge on any atom is -0.481 e. The lowest BCUT2D eigenvalue weighted by Crippen LogP contribution is -2.30. The van der Waals surface area contributed by atoms with Crippen molar-refractivity contribution in [3.63, 3.8) is 0 Å². The molecule has 0 saturated carbocycles. The number of carboxylic acid groups (broad SMARTS) is 1. The molecule has 14 heavy (non-hydrogen) atoms. The van der Waals surface area contributed by atoms with E-state index in [4.69, 9.17) is 17.3 Å². The van der Waals surface area contributed by atoms with Crippen LogP contribution in [0.15, 0.2) is 10.9 Å². The Kier molecular flexibility index (Phi) is 3.63. The van der Waals surface area contributed by atoms with Crippen LogP contribution in [0.5, 0.6) is 0 Å². The quantitative estimate of drug-likeness (QED) is 0.716. The number of thiazole rings is 1. The van der Waals surface area contributed by atoms with Crippen molar-refractivity contribution in [1.82, 2.24) is 4.98 Å². The van der Waals surface area contributed by atoms with Crippen molar-refractivity contribution in [3.8, 4) is 12.3 Å². The lowest BCUT2D eigenvalue weighted by atomic mass is 9.96. The van der Waals surface area contributed by atoms with Crippen LogP contribution in [-0.4, -0.2) is 22.1 Å². The van der Waals surface area contributed by atoms with E-state index in [-0.39, 0.29) is 6.42 Å². The zero-order valence-corrected chi connectivity index (χ0v) is 8.20. The number of rotatable bonds is 4. The molecule has 1 rings (SSSR count). The van der Waals surface area contributed by atoms with Crippen LogP contribution >= 0.6 is 11.3 Å². The SMILES string of the molecule is C#C[C@H](c1cscn1)[C@H](N)CC(=O)O. The third kappa shape index (κ3) is 2.55. The van der Waals surface area contributed by atoms with Gasteiger partial charge in [-0.05, 0) is 0 Å². The number of aromatic nitrogens is 1.